The summed E-state index contributed by atoms with van der Waals surface area (Å²) in [5, 5.41) is 3.07. The Kier molecular flexibility index (Phi) is 6.87. The number of thioether (sulfide) groups is 1. The third-order valence-electron chi connectivity index (χ3n) is 5.26. The summed E-state index contributed by atoms with van der Waals surface area (Å²) in [6.07, 6.45) is 3.83. The summed E-state index contributed by atoms with van der Waals surface area (Å²) >= 11 is 1.56. The molecule has 1 heterocycles. The summed E-state index contributed by atoms with van der Waals surface area (Å²) < 4.78 is 27.0. The van der Waals surface area contributed by atoms with Crippen molar-refractivity contribution in [1.29, 1.82) is 0 Å². The van der Waals surface area contributed by atoms with Gasteiger partial charge in [-0.1, -0.05) is 0 Å². The van der Waals surface area contributed by atoms with Gasteiger partial charge in [-0.05, 0) is 87.8 Å². The lowest BCUT2D eigenvalue weighted by molar-refractivity contribution is 0.0917. The van der Waals surface area contributed by atoms with Crippen molar-refractivity contribution in [2.45, 2.75) is 28.7 Å². The van der Waals surface area contributed by atoms with Crippen LogP contribution < -0.4 is 9.62 Å². The standard InChI is InChI=1S/C21H27N3O3S2/c1-23-14-12-17(13-15-23)22-21(25)16-4-6-18(7-5-16)24(2)29(26,27)20-10-8-19(28-3)9-11-20/h4-11,17H,12-15H2,1-3H3,(H,22,25). The number of carbonyl (C=O) groups is 1. The van der Waals surface area contributed by atoms with Crippen LogP contribution in [0.3, 0.4) is 0 Å². The van der Waals surface area contributed by atoms with Crippen molar-refractivity contribution in [3.8, 4) is 0 Å². The zero-order valence-electron chi connectivity index (χ0n) is 17.0. The quantitative estimate of drug-likeness (QED) is 0.709. The summed E-state index contributed by atoms with van der Waals surface area (Å²) in [4.78, 5) is 16.0. The van der Waals surface area contributed by atoms with E-state index >= 15 is 0 Å². The Morgan fingerprint density at radius 2 is 1.66 bits per heavy atom. The third-order valence-corrected chi connectivity index (χ3v) is 7.81. The fourth-order valence-corrected chi connectivity index (χ4v) is 4.89. The molecule has 0 atom stereocenters. The van der Waals surface area contributed by atoms with Crippen LogP contribution in [0.4, 0.5) is 5.69 Å². The normalized spacial score (nSPS) is 15.8. The van der Waals surface area contributed by atoms with E-state index in [2.05, 4.69) is 17.3 Å². The van der Waals surface area contributed by atoms with Crippen LogP contribution >= 0.6 is 11.8 Å². The second-order valence-corrected chi connectivity index (χ2v) is 10.1. The molecular weight excluding hydrogens is 406 g/mol. The van der Waals surface area contributed by atoms with Crippen LogP contribution in [0.15, 0.2) is 58.3 Å². The van der Waals surface area contributed by atoms with Gasteiger partial charge in [0.25, 0.3) is 15.9 Å². The Hall–Kier alpha value is -2.03. The Labute approximate surface area is 177 Å². The van der Waals surface area contributed by atoms with Gasteiger partial charge in [0.2, 0.25) is 0 Å². The molecule has 1 aliphatic rings. The molecule has 3 rings (SSSR count). The molecule has 0 aliphatic carbocycles. The van der Waals surface area contributed by atoms with Gasteiger partial charge in [0.1, 0.15) is 0 Å². The fourth-order valence-electron chi connectivity index (χ4n) is 3.29. The number of likely N-dealkylation sites (tertiary alicyclic amines) is 1. The molecule has 1 amide bonds. The number of nitrogens with zero attached hydrogens (tertiary/aromatic N) is 2. The lowest BCUT2D eigenvalue weighted by Crippen LogP contribution is -2.43. The molecular formula is C21H27N3O3S2. The number of hydrogen-bond donors (Lipinski definition) is 1. The first-order valence-corrected chi connectivity index (χ1v) is 12.2. The maximum atomic E-state index is 12.9. The highest BCUT2D eigenvalue weighted by Gasteiger charge is 2.22. The van der Waals surface area contributed by atoms with Crippen LogP contribution in [-0.4, -0.2) is 58.7 Å². The van der Waals surface area contributed by atoms with Crippen LogP contribution in [0.2, 0.25) is 0 Å². The largest absolute Gasteiger partial charge is 0.349 e. The number of nitrogens with one attached hydrogen (secondary N) is 1. The number of anilines is 1. The zero-order valence-corrected chi connectivity index (χ0v) is 18.6. The van der Waals surface area contributed by atoms with E-state index < -0.39 is 10.0 Å². The predicted molar refractivity (Wildman–Crippen MR) is 118 cm³/mol. The first kappa shape index (κ1) is 21.7. The lowest BCUT2D eigenvalue weighted by atomic mass is 10.0. The third kappa shape index (κ3) is 5.12. The summed E-state index contributed by atoms with van der Waals surface area (Å²) in [5.74, 6) is -0.121. The van der Waals surface area contributed by atoms with Gasteiger partial charge in [-0.2, -0.15) is 0 Å². The zero-order chi connectivity index (χ0) is 21.0. The van der Waals surface area contributed by atoms with Gasteiger partial charge in [0.15, 0.2) is 0 Å². The van der Waals surface area contributed by atoms with E-state index in [0.29, 0.717) is 11.3 Å². The molecule has 0 unspecified atom stereocenters. The second-order valence-electron chi connectivity index (χ2n) is 7.25. The molecule has 1 aliphatic heterocycles. The number of carbonyl (C=O) groups excluding carboxylic acids is 1. The van der Waals surface area contributed by atoms with Gasteiger partial charge in [-0.25, -0.2) is 8.42 Å². The average Bonchev–Trinajstić information content (AvgIpc) is 2.75. The van der Waals surface area contributed by atoms with E-state index in [9.17, 15) is 13.2 Å². The SMILES string of the molecule is CSc1ccc(S(=O)(=O)N(C)c2ccc(C(=O)NC3CCN(C)CC3)cc2)cc1. The van der Waals surface area contributed by atoms with E-state index in [-0.39, 0.29) is 16.8 Å². The summed E-state index contributed by atoms with van der Waals surface area (Å²) in [6.45, 7) is 1.95. The van der Waals surface area contributed by atoms with Crippen molar-refractivity contribution in [2.24, 2.45) is 0 Å². The van der Waals surface area contributed by atoms with Crippen molar-refractivity contribution in [3.05, 3.63) is 54.1 Å². The number of hydrogen-bond acceptors (Lipinski definition) is 5. The van der Waals surface area contributed by atoms with Crippen LogP contribution in [0.25, 0.3) is 0 Å². The summed E-state index contributed by atoms with van der Waals surface area (Å²) in [5.41, 5.74) is 1.04. The van der Waals surface area contributed by atoms with Gasteiger partial charge in [0, 0.05) is 23.5 Å². The maximum absolute atomic E-state index is 12.9. The van der Waals surface area contributed by atoms with E-state index in [1.165, 1.54) is 11.4 Å². The van der Waals surface area contributed by atoms with Crippen LogP contribution in [-0.2, 0) is 10.0 Å². The lowest BCUT2D eigenvalue weighted by Gasteiger charge is -2.29. The van der Waals surface area contributed by atoms with Gasteiger partial charge in [-0.3, -0.25) is 9.10 Å². The van der Waals surface area contributed by atoms with Gasteiger partial charge < -0.3 is 10.2 Å². The Balaban J connectivity index is 1.69. The number of sulfonamides is 1. The molecule has 156 valence electrons. The van der Waals surface area contributed by atoms with Crippen molar-refractivity contribution < 1.29 is 13.2 Å². The molecule has 1 fully saturated rings. The van der Waals surface area contributed by atoms with Crippen LogP contribution in [0.5, 0.6) is 0 Å². The molecule has 0 bridgehead atoms. The second kappa shape index (κ2) is 9.19. The maximum Gasteiger partial charge on any atom is 0.264 e. The Bertz CT molecular complexity index is 936. The van der Waals surface area contributed by atoms with Crippen molar-refractivity contribution in [2.75, 3.05) is 37.7 Å². The molecule has 2 aromatic carbocycles. The van der Waals surface area contributed by atoms with Crippen molar-refractivity contribution in [3.63, 3.8) is 0 Å². The van der Waals surface area contributed by atoms with Crippen molar-refractivity contribution >= 4 is 33.4 Å². The number of piperidine rings is 1. The van der Waals surface area contributed by atoms with Gasteiger partial charge in [-0.15, -0.1) is 11.8 Å². The van der Waals surface area contributed by atoms with E-state index in [0.717, 1.165) is 30.8 Å². The highest BCUT2D eigenvalue weighted by molar-refractivity contribution is 7.98. The average molecular weight is 434 g/mol. The summed E-state index contributed by atoms with van der Waals surface area (Å²) in [6, 6.07) is 13.7. The van der Waals surface area contributed by atoms with E-state index in [1.807, 2.05) is 6.26 Å². The molecule has 0 aromatic heterocycles. The van der Waals surface area contributed by atoms with E-state index in [4.69, 9.17) is 0 Å². The number of rotatable bonds is 6. The molecule has 0 radical (unpaired) electrons. The molecule has 1 saturated heterocycles. The van der Waals surface area contributed by atoms with Crippen molar-refractivity contribution in [1.82, 2.24) is 10.2 Å². The molecule has 1 N–H and O–H groups in total. The smallest absolute Gasteiger partial charge is 0.264 e. The van der Waals surface area contributed by atoms with Gasteiger partial charge >= 0.3 is 0 Å². The minimum Gasteiger partial charge on any atom is -0.349 e. The first-order chi connectivity index (χ1) is 13.8. The predicted octanol–water partition coefficient (Wildman–Crippen LogP) is 3.06. The highest BCUT2D eigenvalue weighted by atomic mass is 32.2. The molecule has 0 saturated carbocycles. The topological polar surface area (TPSA) is 69.7 Å². The van der Waals surface area contributed by atoms with Crippen LogP contribution in [0.1, 0.15) is 23.2 Å². The number of amides is 1. The minimum absolute atomic E-state index is 0.121. The van der Waals surface area contributed by atoms with Gasteiger partial charge in [0.05, 0.1) is 10.6 Å². The first-order valence-electron chi connectivity index (χ1n) is 9.53. The fraction of sp³-hybridized carbons (Fsp3) is 0.381. The molecule has 8 heteroatoms. The monoisotopic (exact) mass is 433 g/mol. The molecule has 0 spiro atoms. The Morgan fingerprint density at radius 1 is 1.07 bits per heavy atom. The highest BCUT2D eigenvalue weighted by Crippen LogP contribution is 2.24. The molecule has 6 nitrogen and oxygen atoms in total. The summed E-state index contributed by atoms with van der Waals surface area (Å²) in [7, 11) is -0.0581. The molecule has 29 heavy (non-hydrogen) atoms. The Morgan fingerprint density at radius 3 is 2.21 bits per heavy atom. The minimum atomic E-state index is -3.66. The molecule has 2 aromatic rings. The van der Waals surface area contributed by atoms with Crippen LogP contribution in [0, 0.1) is 0 Å². The van der Waals surface area contributed by atoms with E-state index in [1.54, 1.807) is 60.3 Å². The number of benzene rings is 2.